The van der Waals surface area contributed by atoms with Gasteiger partial charge in [-0.2, -0.15) is 4.31 Å². The first-order valence-corrected chi connectivity index (χ1v) is 10.1. The summed E-state index contributed by atoms with van der Waals surface area (Å²) in [5.41, 5.74) is 2.93. The molecule has 8 heteroatoms. The molecule has 0 saturated carbocycles. The van der Waals surface area contributed by atoms with Crippen LogP contribution in [-0.2, 0) is 30.2 Å². The van der Waals surface area contributed by atoms with Crippen LogP contribution in [0.4, 0.5) is 0 Å². The van der Waals surface area contributed by atoms with E-state index >= 15 is 0 Å². The van der Waals surface area contributed by atoms with Gasteiger partial charge in [0.05, 0.1) is 17.0 Å². The molecule has 7 nitrogen and oxygen atoms in total. The molecule has 0 saturated heterocycles. The number of benzene rings is 2. The van der Waals surface area contributed by atoms with E-state index in [1.807, 2.05) is 30.3 Å². The Morgan fingerprint density at radius 2 is 1.81 bits per heavy atom. The topological polar surface area (TPSA) is 77.4 Å². The minimum atomic E-state index is -3.69. The Kier molecular flexibility index (Phi) is 3.38. The Balaban J connectivity index is 1.55. The Hall–Kier alpha value is -2.84. The van der Waals surface area contributed by atoms with Gasteiger partial charge in [0.1, 0.15) is 0 Å². The number of aryl methyl sites for hydroxylation is 1. The van der Waals surface area contributed by atoms with Gasteiger partial charge in [-0.1, -0.05) is 18.2 Å². The van der Waals surface area contributed by atoms with Crippen molar-refractivity contribution < 1.29 is 12.8 Å². The number of nitrogens with zero attached hydrogens (tertiary/aromatic N) is 3. The number of hydrogen-bond acceptors (Lipinski definition) is 4. The summed E-state index contributed by atoms with van der Waals surface area (Å²) in [6.07, 6.45) is 0. The molecule has 1 aliphatic heterocycles. The van der Waals surface area contributed by atoms with Crippen LogP contribution in [-0.4, -0.2) is 28.4 Å². The number of rotatable bonds is 2. The smallest absolute Gasteiger partial charge is 0.408 e. The van der Waals surface area contributed by atoms with Crippen molar-refractivity contribution in [1.29, 1.82) is 0 Å². The molecule has 0 atom stereocenters. The summed E-state index contributed by atoms with van der Waals surface area (Å²) in [6, 6.07) is 14.6. The molecule has 0 radical (unpaired) electrons. The van der Waals surface area contributed by atoms with Gasteiger partial charge < -0.3 is 8.98 Å². The maximum atomic E-state index is 13.1. The quantitative estimate of drug-likeness (QED) is 0.532. The fourth-order valence-corrected chi connectivity index (χ4v) is 5.18. The number of oxazole rings is 1. The van der Waals surface area contributed by atoms with Gasteiger partial charge in [-0.15, -0.1) is 0 Å². The monoisotopic (exact) mass is 383 g/mol. The molecule has 0 unspecified atom stereocenters. The summed E-state index contributed by atoms with van der Waals surface area (Å²) < 4.78 is 36.4. The molecule has 0 bridgehead atoms. The minimum absolute atomic E-state index is 0.133. The van der Waals surface area contributed by atoms with E-state index in [1.54, 1.807) is 13.1 Å². The average Bonchev–Trinajstić information content (AvgIpc) is 3.18. The zero-order chi connectivity index (χ0) is 18.8. The van der Waals surface area contributed by atoms with Crippen molar-refractivity contribution in [1.82, 2.24) is 13.4 Å². The van der Waals surface area contributed by atoms with Crippen LogP contribution in [0, 0.1) is 0 Å². The lowest BCUT2D eigenvalue weighted by Gasteiger charge is -2.28. The van der Waals surface area contributed by atoms with Gasteiger partial charge in [0.25, 0.3) is 0 Å². The van der Waals surface area contributed by atoms with Crippen LogP contribution in [0.3, 0.4) is 0 Å². The number of hydrogen-bond donors (Lipinski definition) is 0. The van der Waals surface area contributed by atoms with E-state index in [4.69, 9.17) is 4.42 Å². The fraction of sp³-hybridized carbons (Fsp3) is 0.211. The van der Waals surface area contributed by atoms with Crippen molar-refractivity contribution >= 4 is 32.0 Å². The summed E-state index contributed by atoms with van der Waals surface area (Å²) in [6.45, 7) is 1.31. The second-order valence-electron chi connectivity index (χ2n) is 6.74. The van der Waals surface area contributed by atoms with Gasteiger partial charge in [0, 0.05) is 37.4 Å². The Morgan fingerprint density at radius 1 is 1.00 bits per heavy atom. The normalized spacial score (nSPS) is 15.4. The van der Waals surface area contributed by atoms with Gasteiger partial charge >= 0.3 is 5.76 Å². The molecular formula is C19H17N3O4S. The molecule has 4 aromatic rings. The third-order valence-corrected chi connectivity index (χ3v) is 7.05. The van der Waals surface area contributed by atoms with Gasteiger partial charge in [-0.25, -0.2) is 13.2 Å². The largest absolute Gasteiger partial charge is 0.419 e. The first kappa shape index (κ1) is 16.3. The molecule has 2 aromatic carbocycles. The lowest BCUT2D eigenvalue weighted by atomic mass is 10.2. The predicted molar refractivity (Wildman–Crippen MR) is 101 cm³/mol. The van der Waals surface area contributed by atoms with Crippen molar-refractivity contribution in [2.45, 2.75) is 18.0 Å². The number of para-hydroxylation sites is 1. The van der Waals surface area contributed by atoms with Crippen LogP contribution < -0.4 is 5.76 Å². The lowest BCUT2D eigenvalue weighted by Crippen LogP contribution is -2.37. The highest BCUT2D eigenvalue weighted by molar-refractivity contribution is 7.89. The molecule has 27 heavy (non-hydrogen) atoms. The number of fused-ring (bicyclic) bond motifs is 4. The van der Waals surface area contributed by atoms with Crippen LogP contribution in [0.25, 0.3) is 22.0 Å². The second kappa shape index (κ2) is 5.58. The summed E-state index contributed by atoms with van der Waals surface area (Å²) in [5, 5.41) is 1.11. The second-order valence-corrected chi connectivity index (χ2v) is 8.68. The van der Waals surface area contributed by atoms with Crippen molar-refractivity contribution in [3.05, 3.63) is 64.8 Å². The van der Waals surface area contributed by atoms with E-state index < -0.39 is 15.8 Å². The molecule has 0 N–H and O–H groups in total. The Labute approximate surface area is 155 Å². The summed E-state index contributed by atoms with van der Waals surface area (Å²) in [7, 11) is -2.10. The Morgan fingerprint density at radius 3 is 2.67 bits per heavy atom. The maximum absolute atomic E-state index is 13.1. The summed E-state index contributed by atoms with van der Waals surface area (Å²) in [5.74, 6) is -0.512. The van der Waals surface area contributed by atoms with E-state index in [9.17, 15) is 13.2 Å². The molecule has 3 heterocycles. The lowest BCUT2D eigenvalue weighted by molar-refractivity contribution is 0.345. The Bertz CT molecular complexity index is 1360. The third-order valence-electron chi connectivity index (χ3n) is 5.21. The highest BCUT2D eigenvalue weighted by Crippen LogP contribution is 2.28. The maximum Gasteiger partial charge on any atom is 0.419 e. The molecule has 0 amide bonds. The van der Waals surface area contributed by atoms with Crippen LogP contribution in [0.2, 0.25) is 0 Å². The van der Waals surface area contributed by atoms with Crippen molar-refractivity contribution in [2.24, 2.45) is 7.05 Å². The van der Waals surface area contributed by atoms with E-state index in [1.165, 1.54) is 21.0 Å². The van der Waals surface area contributed by atoms with E-state index in [0.717, 1.165) is 16.6 Å². The highest BCUT2D eigenvalue weighted by Gasteiger charge is 2.29. The molecule has 2 aromatic heterocycles. The van der Waals surface area contributed by atoms with E-state index in [0.29, 0.717) is 25.2 Å². The first-order chi connectivity index (χ1) is 12.9. The zero-order valence-electron chi connectivity index (χ0n) is 14.6. The van der Waals surface area contributed by atoms with E-state index in [2.05, 4.69) is 4.57 Å². The minimum Gasteiger partial charge on any atom is -0.408 e. The molecule has 0 aliphatic carbocycles. The molecular weight excluding hydrogens is 366 g/mol. The van der Waals surface area contributed by atoms with Gasteiger partial charge in [-0.3, -0.25) is 4.57 Å². The summed E-state index contributed by atoms with van der Waals surface area (Å²) >= 11 is 0. The molecule has 138 valence electrons. The van der Waals surface area contributed by atoms with E-state index in [-0.39, 0.29) is 10.5 Å². The zero-order valence-corrected chi connectivity index (χ0v) is 15.4. The van der Waals surface area contributed by atoms with Crippen molar-refractivity contribution in [3.63, 3.8) is 0 Å². The van der Waals surface area contributed by atoms with Gasteiger partial charge in [0.15, 0.2) is 5.58 Å². The third kappa shape index (κ3) is 2.37. The van der Waals surface area contributed by atoms with Crippen LogP contribution in [0.5, 0.6) is 0 Å². The summed E-state index contributed by atoms with van der Waals surface area (Å²) in [4.78, 5) is 11.8. The molecule has 5 rings (SSSR count). The standard InChI is InChI=1S/C19H17N3O4S/c1-20-17-7-6-15(11-18(17)26-19(20)23)27(24,25)21-8-9-22-14(12-21)10-13-4-2-3-5-16(13)22/h2-7,10-11H,8-9,12H2,1H3. The van der Waals surface area contributed by atoms with Crippen LogP contribution in [0.15, 0.2) is 62.6 Å². The first-order valence-electron chi connectivity index (χ1n) is 8.62. The predicted octanol–water partition coefficient (Wildman–Crippen LogP) is 2.29. The van der Waals surface area contributed by atoms with Crippen molar-refractivity contribution in [3.8, 4) is 0 Å². The molecule has 0 spiro atoms. The number of sulfonamides is 1. The van der Waals surface area contributed by atoms with Crippen LogP contribution in [0.1, 0.15) is 5.69 Å². The fourth-order valence-electron chi connectivity index (χ4n) is 3.76. The SMILES string of the molecule is Cn1c(=O)oc2cc(S(=O)(=O)N3CCn4c(cc5ccccc54)C3)ccc21. The highest BCUT2D eigenvalue weighted by atomic mass is 32.2. The molecule has 0 fully saturated rings. The van der Waals surface area contributed by atoms with Crippen LogP contribution >= 0.6 is 0 Å². The van der Waals surface area contributed by atoms with Crippen molar-refractivity contribution in [2.75, 3.05) is 6.54 Å². The number of aromatic nitrogens is 2. The molecule has 1 aliphatic rings. The van der Waals surface area contributed by atoms with Gasteiger partial charge in [0.2, 0.25) is 10.0 Å². The average molecular weight is 383 g/mol. The van der Waals surface area contributed by atoms with Gasteiger partial charge in [-0.05, 0) is 29.7 Å².